The Morgan fingerprint density at radius 3 is 1.76 bits per heavy atom. The van der Waals surface area contributed by atoms with Gasteiger partial charge in [-0.1, -0.05) is 101 Å². The lowest BCUT2D eigenvalue weighted by molar-refractivity contribution is 0.244. The van der Waals surface area contributed by atoms with Crippen LogP contribution in [0.3, 0.4) is 0 Å². The van der Waals surface area contributed by atoms with E-state index in [-0.39, 0.29) is 0 Å². The topological polar surface area (TPSA) is 0 Å². The Bertz CT molecular complexity index is 282. The molecule has 0 saturated heterocycles. The van der Waals surface area contributed by atoms with Gasteiger partial charge in [0.1, 0.15) is 15.1 Å². The predicted octanol–water partition coefficient (Wildman–Crippen LogP) is 5.16. The first-order chi connectivity index (χ1) is 10.3. The van der Waals surface area contributed by atoms with Crippen molar-refractivity contribution in [1.29, 1.82) is 0 Å². The molecule has 0 radical (unpaired) electrons. The fraction of sp³-hybridized carbons (Fsp3) is 1.00. The van der Waals surface area contributed by atoms with E-state index in [1.807, 2.05) is 0 Å². The molecular formula is C19H36B2. The van der Waals surface area contributed by atoms with Gasteiger partial charge in [-0.3, -0.25) is 0 Å². The van der Waals surface area contributed by atoms with Crippen LogP contribution in [0.4, 0.5) is 0 Å². The summed E-state index contributed by atoms with van der Waals surface area (Å²) in [6.07, 6.45) is 21.7. The third kappa shape index (κ3) is 5.07. The molecular weight excluding hydrogens is 250 g/mol. The van der Waals surface area contributed by atoms with E-state index in [0.717, 1.165) is 29.3 Å². The monoisotopic (exact) mass is 286 g/mol. The lowest BCUT2D eigenvalue weighted by atomic mass is 9.48. The molecule has 0 nitrogen and oxygen atoms in total. The van der Waals surface area contributed by atoms with Gasteiger partial charge in [0.05, 0.1) is 0 Å². The van der Waals surface area contributed by atoms with E-state index in [4.69, 9.17) is 0 Å². The lowest BCUT2D eigenvalue weighted by Gasteiger charge is -2.34. The van der Waals surface area contributed by atoms with Crippen molar-refractivity contribution in [2.75, 3.05) is 0 Å². The summed E-state index contributed by atoms with van der Waals surface area (Å²) in [5.74, 6) is 5.44. The minimum Gasteiger partial charge on any atom is -0.0697 e. The van der Waals surface area contributed by atoms with Crippen LogP contribution in [0.1, 0.15) is 89.9 Å². The van der Waals surface area contributed by atoms with Gasteiger partial charge >= 0.3 is 0 Å². The summed E-state index contributed by atoms with van der Waals surface area (Å²) >= 11 is 0. The molecule has 0 heterocycles. The second-order valence-corrected chi connectivity index (χ2v) is 8.99. The average Bonchev–Trinajstić information content (AvgIpc) is 2.53. The Balaban J connectivity index is 1.33. The van der Waals surface area contributed by atoms with Crippen molar-refractivity contribution in [3.05, 3.63) is 0 Å². The van der Waals surface area contributed by atoms with Crippen LogP contribution in [0.2, 0.25) is 17.5 Å². The summed E-state index contributed by atoms with van der Waals surface area (Å²) in [5, 5.41) is 0. The molecule has 2 heteroatoms. The molecule has 118 valence electrons. The average molecular weight is 286 g/mol. The molecule has 3 aliphatic carbocycles. The van der Waals surface area contributed by atoms with Gasteiger partial charge in [-0.2, -0.15) is 0 Å². The zero-order valence-corrected chi connectivity index (χ0v) is 14.5. The smallest absolute Gasteiger partial charge is 0.0697 e. The van der Waals surface area contributed by atoms with Crippen LogP contribution in [0, 0.1) is 11.8 Å². The second-order valence-electron chi connectivity index (χ2n) is 8.99. The Morgan fingerprint density at radius 1 is 0.619 bits per heavy atom. The summed E-state index contributed by atoms with van der Waals surface area (Å²) in [5.41, 5.74) is 0. The van der Waals surface area contributed by atoms with E-state index in [2.05, 4.69) is 7.85 Å². The largest absolute Gasteiger partial charge is 0.127 e. The van der Waals surface area contributed by atoms with E-state index in [9.17, 15) is 0 Å². The quantitative estimate of drug-likeness (QED) is 0.626. The highest BCUT2D eigenvalue weighted by atomic mass is 14.3. The Kier molecular flexibility index (Phi) is 6.18. The van der Waals surface area contributed by atoms with Gasteiger partial charge in [-0.25, -0.2) is 0 Å². The first kappa shape index (κ1) is 16.0. The van der Waals surface area contributed by atoms with Crippen molar-refractivity contribution in [1.82, 2.24) is 0 Å². The first-order valence-electron chi connectivity index (χ1n) is 10.3. The highest BCUT2D eigenvalue weighted by Gasteiger charge is 2.28. The highest BCUT2D eigenvalue weighted by molar-refractivity contribution is 6.39. The zero-order valence-electron chi connectivity index (χ0n) is 14.5. The number of hydrogen-bond acceptors (Lipinski definition) is 0. The SMILES string of the molecule is BC1CCC(CC2CCC(BC3CCCCC3)CC2)CC1. The predicted molar refractivity (Wildman–Crippen MR) is 98.6 cm³/mol. The Labute approximate surface area is 134 Å². The molecule has 0 aliphatic heterocycles. The summed E-state index contributed by atoms with van der Waals surface area (Å²) in [4.78, 5) is 0. The first-order valence-corrected chi connectivity index (χ1v) is 10.3. The molecule has 0 aromatic heterocycles. The maximum Gasteiger partial charge on any atom is 0.127 e. The van der Waals surface area contributed by atoms with Gasteiger partial charge < -0.3 is 0 Å². The van der Waals surface area contributed by atoms with Crippen LogP contribution in [-0.4, -0.2) is 15.1 Å². The summed E-state index contributed by atoms with van der Waals surface area (Å²) in [6.45, 7) is 0. The fourth-order valence-electron chi connectivity index (χ4n) is 5.63. The van der Waals surface area contributed by atoms with Crippen LogP contribution in [0.5, 0.6) is 0 Å². The van der Waals surface area contributed by atoms with Crippen LogP contribution < -0.4 is 0 Å². The van der Waals surface area contributed by atoms with E-state index < -0.39 is 0 Å². The molecule has 0 spiro atoms. The molecule has 0 unspecified atom stereocenters. The van der Waals surface area contributed by atoms with Crippen molar-refractivity contribution in [2.45, 2.75) is 107 Å². The number of rotatable bonds is 4. The zero-order chi connectivity index (χ0) is 14.5. The second kappa shape index (κ2) is 8.11. The Hall–Kier alpha value is 0.130. The van der Waals surface area contributed by atoms with Gasteiger partial charge in [0.15, 0.2) is 0 Å². The van der Waals surface area contributed by atoms with Crippen LogP contribution in [-0.2, 0) is 0 Å². The molecule has 21 heavy (non-hydrogen) atoms. The minimum atomic E-state index is 1.02. The molecule has 0 amide bonds. The molecule has 0 aromatic carbocycles. The number of hydrogen-bond donors (Lipinski definition) is 0. The molecule has 0 atom stereocenters. The standard InChI is InChI=1S/C19H36B2/c20-17-10-6-15(7-11-17)14-16-8-12-19(13-9-16)21-18-4-2-1-3-5-18/h15-19,21H,1-14,20H2. The van der Waals surface area contributed by atoms with Crippen molar-refractivity contribution in [3.63, 3.8) is 0 Å². The summed E-state index contributed by atoms with van der Waals surface area (Å²) < 4.78 is 0. The van der Waals surface area contributed by atoms with Crippen LogP contribution in [0.15, 0.2) is 0 Å². The van der Waals surface area contributed by atoms with Gasteiger partial charge in [0, 0.05) is 0 Å². The summed E-state index contributed by atoms with van der Waals surface area (Å²) in [6, 6.07) is 0. The van der Waals surface area contributed by atoms with E-state index in [1.165, 1.54) is 32.1 Å². The van der Waals surface area contributed by atoms with Crippen molar-refractivity contribution >= 4 is 15.1 Å². The highest BCUT2D eigenvalue weighted by Crippen LogP contribution is 2.42. The summed E-state index contributed by atoms with van der Waals surface area (Å²) in [7, 11) is 4.04. The van der Waals surface area contributed by atoms with Gasteiger partial charge in [0.25, 0.3) is 0 Å². The van der Waals surface area contributed by atoms with Crippen molar-refractivity contribution in [3.8, 4) is 0 Å². The van der Waals surface area contributed by atoms with E-state index in [1.54, 1.807) is 65.1 Å². The lowest BCUT2D eigenvalue weighted by Crippen LogP contribution is -2.22. The molecule has 0 N–H and O–H groups in total. The third-order valence-corrected chi connectivity index (χ3v) is 7.16. The van der Waals surface area contributed by atoms with Gasteiger partial charge in [-0.15, -0.1) is 0 Å². The van der Waals surface area contributed by atoms with Crippen molar-refractivity contribution in [2.24, 2.45) is 11.8 Å². The fourth-order valence-corrected chi connectivity index (χ4v) is 5.63. The minimum absolute atomic E-state index is 1.02. The maximum absolute atomic E-state index is 2.45. The Morgan fingerprint density at radius 2 is 1.14 bits per heavy atom. The molecule has 0 bridgehead atoms. The van der Waals surface area contributed by atoms with Crippen LogP contribution in [0.25, 0.3) is 0 Å². The third-order valence-electron chi connectivity index (χ3n) is 7.16. The normalized spacial score (nSPS) is 39.0. The molecule has 0 aromatic rings. The maximum atomic E-state index is 2.45. The molecule has 3 saturated carbocycles. The van der Waals surface area contributed by atoms with Gasteiger partial charge in [-0.05, 0) is 18.3 Å². The molecule has 3 rings (SSSR count). The van der Waals surface area contributed by atoms with Crippen molar-refractivity contribution < 1.29 is 0 Å². The molecule has 3 fully saturated rings. The van der Waals surface area contributed by atoms with Gasteiger partial charge in [0.2, 0.25) is 0 Å². The van der Waals surface area contributed by atoms with E-state index in [0.29, 0.717) is 0 Å². The van der Waals surface area contributed by atoms with Crippen LogP contribution >= 0.6 is 0 Å². The van der Waals surface area contributed by atoms with E-state index >= 15 is 0 Å². The molecule has 3 aliphatic rings.